The first-order chi connectivity index (χ1) is 9.69. The lowest BCUT2D eigenvalue weighted by atomic mass is 10.1. The molecule has 2 aromatic heterocycles. The second kappa shape index (κ2) is 7.59. The van der Waals surface area contributed by atoms with E-state index in [1.54, 1.807) is 17.5 Å². The Hall–Kier alpha value is -1.14. The van der Waals surface area contributed by atoms with Crippen LogP contribution in [0.15, 0.2) is 27.5 Å². The average Bonchev–Trinajstić information content (AvgIpc) is 2.92. The second-order valence-corrected chi connectivity index (χ2v) is 6.33. The molecule has 0 spiro atoms. The van der Waals surface area contributed by atoms with Crippen molar-refractivity contribution in [3.63, 3.8) is 0 Å². The SMILES string of the molecule is CCCNc1ncc(Br)c(NC(C)Cc2ccsc2)n1. The van der Waals surface area contributed by atoms with Gasteiger partial charge in [-0.15, -0.1) is 0 Å². The Labute approximate surface area is 132 Å². The highest BCUT2D eigenvalue weighted by molar-refractivity contribution is 9.10. The van der Waals surface area contributed by atoms with Crippen LogP contribution in [-0.4, -0.2) is 22.6 Å². The fraction of sp³-hybridized carbons (Fsp3) is 0.429. The number of aromatic nitrogens is 2. The molecule has 0 radical (unpaired) electrons. The van der Waals surface area contributed by atoms with E-state index in [9.17, 15) is 0 Å². The molecule has 0 saturated heterocycles. The minimum atomic E-state index is 0.315. The molecule has 6 heteroatoms. The van der Waals surface area contributed by atoms with E-state index in [0.717, 1.165) is 29.7 Å². The van der Waals surface area contributed by atoms with Gasteiger partial charge in [0, 0.05) is 18.8 Å². The molecule has 0 saturated carbocycles. The minimum absolute atomic E-state index is 0.315. The highest BCUT2D eigenvalue weighted by atomic mass is 79.9. The van der Waals surface area contributed by atoms with Crippen molar-refractivity contribution in [2.24, 2.45) is 0 Å². The first kappa shape index (κ1) is 15.3. The molecule has 2 aromatic rings. The molecule has 0 aliphatic rings. The van der Waals surface area contributed by atoms with Gasteiger partial charge in [-0.3, -0.25) is 0 Å². The van der Waals surface area contributed by atoms with Gasteiger partial charge in [0.05, 0.1) is 4.47 Å². The number of anilines is 2. The number of rotatable bonds is 7. The maximum absolute atomic E-state index is 4.50. The number of hydrogen-bond acceptors (Lipinski definition) is 5. The molecule has 0 amide bonds. The molecule has 0 bridgehead atoms. The summed E-state index contributed by atoms with van der Waals surface area (Å²) >= 11 is 5.22. The van der Waals surface area contributed by atoms with Gasteiger partial charge in [-0.25, -0.2) is 4.98 Å². The average molecular weight is 355 g/mol. The molecule has 1 unspecified atom stereocenters. The van der Waals surface area contributed by atoms with E-state index >= 15 is 0 Å². The largest absolute Gasteiger partial charge is 0.366 e. The lowest BCUT2D eigenvalue weighted by Gasteiger charge is -2.15. The number of nitrogens with zero attached hydrogens (tertiary/aromatic N) is 2. The van der Waals surface area contributed by atoms with Gasteiger partial charge in [0.25, 0.3) is 0 Å². The first-order valence-corrected chi connectivity index (χ1v) is 8.46. The Kier molecular flexibility index (Phi) is 5.79. The zero-order chi connectivity index (χ0) is 14.4. The van der Waals surface area contributed by atoms with Crippen LogP contribution in [0.1, 0.15) is 25.8 Å². The van der Waals surface area contributed by atoms with Crippen LogP contribution >= 0.6 is 27.3 Å². The number of halogens is 1. The van der Waals surface area contributed by atoms with E-state index in [1.165, 1.54) is 5.56 Å². The van der Waals surface area contributed by atoms with Crippen LogP contribution in [0.25, 0.3) is 0 Å². The molecule has 2 rings (SSSR count). The topological polar surface area (TPSA) is 49.8 Å². The number of hydrogen-bond donors (Lipinski definition) is 2. The molecule has 4 nitrogen and oxygen atoms in total. The van der Waals surface area contributed by atoms with Crippen LogP contribution in [0, 0.1) is 0 Å². The molecule has 0 fully saturated rings. The second-order valence-electron chi connectivity index (χ2n) is 4.70. The summed E-state index contributed by atoms with van der Waals surface area (Å²) in [7, 11) is 0. The predicted octanol–water partition coefficient (Wildman–Crippen LogP) is 4.17. The van der Waals surface area contributed by atoms with E-state index in [2.05, 4.69) is 67.2 Å². The third-order valence-corrected chi connectivity index (χ3v) is 4.09. The molecule has 2 heterocycles. The van der Waals surface area contributed by atoms with Crippen LogP contribution in [0.4, 0.5) is 11.8 Å². The molecule has 20 heavy (non-hydrogen) atoms. The maximum atomic E-state index is 4.50. The van der Waals surface area contributed by atoms with Crippen molar-refractivity contribution in [1.82, 2.24) is 9.97 Å². The van der Waals surface area contributed by atoms with Gasteiger partial charge in [0.2, 0.25) is 5.95 Å². The van der Waals surface area contributed by atoms with E-state index < -0.39 is 0 Å². The molecule has 2 N–H and O–H groups in total. The quantitative estimate of drug-likeness (QED) is 0.783. The van der Waals surface area contributed by atoms with Crippen molar-refractivity contribution in [2.45, 2.75) is 32.7 Å². The summed E-state index contributed by atoms with van der Waals surface area (Å²) in [4.78, 5) is 8.75. The summed E-state index contributed by atoms with van der Waals surface area (Å²) in [6.45, 7) is 5.16. The van der Waals surface area contributed by atoms with E-state index in [0.29, 0.717) is 12.0 Å². The molecule has 1 atom stereocenters. The summed E-state index contributed by atoms with van der Waals surface area (Å²) in [5.74, 6) is 1.50. The Bertz CT molecular complexity index is 530. The maximum Gasteiger partial charge on any atom is 0.224 e. The fourth-order valence-electron chi connectivity index (χ4n) is 1.84. The summed E-state index contributed by atoms with van der Waals surface area (Å²) in [5.41, 5.74) is 1.35. The van der Waals surface area contributed by atoms with Gasteiger partial charge in [-0.05, 0) is 58.1 Å². The highest BCUT2D eigenvalue weighted by Gasteiger charge is 2.09. The van der Waals surface area contributed by atoms with E-state index in [-0.39, 0.29) is 0 Å². The van der Waals surface area contributed by atoms with Crippen molar-refractivity contribution in [1.29, 1.82) is 0 Å². The van der Waals surface area contributed by atoms with Gasteiger partial charge in [-0.2, -0.15) is 16.3 Å². The summed E-state index contributed by atoms with van der Waals surface area (Å²) in [6, 6.07) is 2.47. The van der Waals surface area contributed by atoms with Crippen molar-refractivity contribution >= 4 is 39.0 Å². The van der Waals surface area contributed by atoms with Gasteiger partial charge < -0.3 is 10.6 Å². The van der Waals surface area contributed by atoms with Gasteiger partial charge in [0.1, 0.15) is 5.82 Å². The molecule has 0 aliphatic carbocycles. The van der Waals surface area contributed by atoms with Gasteiger partial charge in [0.15, 0.2) is 0 Å². The zero-order valence-corrected chi connectivity index (χ0v) is 14.1. The number of thiophene rings is 1. The Morgan fingerprint density at radius 3 is 3.00 bits per heavy atom. The summed E-state index contributed by atoms with van der Waals surface area (Å²) in [5, 5.41) is 10.9. The highest BCUT2D eigenvalue weighted by Crippen LogP contribution is 2.21. The van der Waals surface area contributed by atoms with Crippen molar-refractivity contribution in [2.75, 3.05) is 17.2 Å². The van der Waals surface area contributed by atoms with Crippen LogP contribution in [-0.2, 0) is 6.42 Å². The smallest absolute Gasteiger partial charge is 0.224 e. The minimum Gasteiger partial charge on any atom is -0.366 e. The monoisotopic (exact) mass is 354 g/mol. The standard InChI is InChI=1S/C14H19BrN4S/c1-3-5-16-14-17-8-12(15)13(19-14)18-10(2)7-11-4-6-20-9-11/h4,6,8-10H,3,5,7H2,1-2H3,(H2,16,17,18,19). The molecular weight excluding hydrogens is 336 g/mol. The summed E-state index contributed by atoms with van der Waals surface area (Å²) in [6.07, 6.45) is 3.82. The Morgan fingerprint density at radius 1 is 1.45 bits per heavy atom. The Balaban J connectivity index is 2.00. The molecule has 0 aliphatic heterocycles. The summed E-state index contributed by atoms with van der Waals surface area (Å²) < 4.78 is 0.886. The van der Waals surface area contributed by atoms with Crippen LogP contribution < -0.4 is 10.6 Å². The van der Waals surface area contributed by atoms with Crippen LogP contribution in [0.2, 0.25) is 0 Å². The molecular formula is C14H19BrN4S. The van der Waals surface area contributed by atoms with E-state index in [1.807, 2.05) is 0 Å². The normalized spacial score (nSPS) is 12.2. The fourth-order valence-corrected chi connectivity index (χ4v) is 2.82. The van der Waals surface area contributed by atoms with Crippen LogP contribution in [0.5, 0.6) is 0 Å². The molecule has 0 aromatic carbocycles. The lowest BCUT2D eigenvalue weighted by Crippen LogP contribution is -2.19. The van der Waals surface area contributed by atoms with Crippen molar-refractivity contribution in [3.8, 4) is 0 Å². The van der Waals surface area contributed by atoms with Gasteiger partial charge >= 0.3 is 0 Å². The first-order valence-electron chi connectivity index (χ1n) is 6.73. The Morgan fingerprint density at radius 2 is 2.30 bits per heavy atom. The van der Waals surface area contributed by atoms with Crippen molar-refractivity contribution in [3.05, 3.63) is 33.1 Å². The zero-order valence-electron chi connectivity index (χ0n) is 11.7. The lowest BCUT2D eigenvalue weighted by molar-refractivity contribution is 0.784. The van der Waals surface area contributed by atoms with Crippen molar-refractivity contribution < 1.29 is 0 Å². The molecule has 108 valence electrons. The van der Waals surface area contributed by atoms with Gasteiger partial charge in [-0.1, -0.05) is 6.92 Å². The third-order valence-electron chi connectivity index (χ3n) is 2.78. The predicted molar refractivity (Wildman–Crippen MR) is 89.6 cm³/mol. The van der Waals surface area contributed by atoms with E-state index in [4.69, 9.17) is 0 Å². The van der Waals surface area contributed by atoms with Crippen LogP contribution in [0.3, 0.4) is 0 Å². The third kappa shape index (κ3) is 4.45. The number of nitrogens with one attached hydrogen (secondary N) is 2.